The summed E-state index contributed by atoms with van der Waals surface area (Å²) in [6, 6.07) is 12.0. The van der Waals surface area contributed by atoms with Crippen molar-refractivity contribution >= 4 is 17.6 Å². The zero-order valence-electron chi connectivity index (χ0n) is 13.1. The maximum Gasteiger partial charge on any atom is 0.323 e. The number of ether oxygens (including phenoxy) is 1. The third kappa shape index (κ3) is 3.17. The number of phenolic OH excluding ortho intramolecular Hbond substituents is 1. The molecule has 1 amide bonds. The monoisotopic (exact) mass is 327 g/mol. The Balaban J connectivity index is 1.94. The summed E-state index contributed by atoms with van der Waals surface area (Å²) in [5.74, 6) is -1.24. The Bertz CT molecular complexity index is 802. The number of carbonyl (C=O) groups is 2. The molecule has 2 aromatic carbocycles. The first kappa shape index (κ1) is 15.9. The molecule has 0 radical (unpaired) electrons. The van der Waals surface area contributed by atoms with Gasteiger partial charge in [0.05, 0.1) is 5.69 Å². The average Bonchev–Trinajstić information content (AvgIpc) is 2.52. The standard InChI is InChI=1S/C18H17NO5/c1-11-3-2-4-12(7-11)8-16-18(23)19(10-17(21)22)14-9-13(20)5-6-15(14)24-16/h2-7,9,16,20H,8,10H2,1H3,(H,21,22). The summed E-state index contributed by atoms with van der Waals surface area (Å²) in [6.07, 6.45) is -0.458. The van der Waals surface area contributed by atoms with E-state index in [1.54, 1.807) is 0 Å². The van der Waals surface area contributed by atoms with Gasteiger partial charge in [-0.25, -0.2) is 0 Å². The van der Waals surface area contributed by atoms with Crippen molar-refractivity contribution in [3.05, 3.63) is 53.6 Å². The normalized spacial score (nSPS) is 16.5. The van der Waals surface area contributed by atoms with E-state index in [4.69, 9.17) is 9.84 Å². The van der Waals surface area contributed by atoms with Gasteiger partial charge in [-0.15, -0.1) is 0 Å². The number of anilines is 1. The number of aromatic hydroxyl groups is 1. The van der Waals surface area contributed by atoms with Crippen molar-refractivity contribution in [2.24, 2.45) is 0 Å². The van der Waals surface area contributed by atoms with Gasteiger partial charge in [0.15, 0.2) is 6.10 Å². The Morgan fingerprint density at radius 1 is 1.25 bits per heavy atom. The number of hydrogen-bond donors (Lipinski definition) is 2. The van der Waals surface area contributed by atoms with E-state index in [1.165, 1.54) is 18.2 Å². The van der Waals surface area contributed by atoms with Gasteiger partial charge in [0.2, 0.25) is 0 Å². The van der Waals surface area contributed by atoms with Crippen molar-refractivity contribution in [3.8, 4) is 11.5 Å². The first-order valence-electron chi connectivity index (χ1n) is 7.52. The third-order valence-electron chi connectivity index (χ3n) is 3.84. The molecule has 0 fully saturated rings. The van der Waals surface area contributed by atoms with E-state index in [-0.39, 0.29) is 11.4 Å². The van der Waals surface area contributed by atoms with Crippen LogP contribution in [0.1, 0.15) is 11.1 Å². The minimum Gasteiger partial charge on any atom is -0.508 e. The Kier molecular flexibility index (Phi) is 4.12. The fourth-order valence-electron chi connectivity index (χ4n) is 2.79. The van der Waals surface area contributed by atoms with Crippen LogP contribution in [-0.2, 0) is 16.0 Å². The van der Waals surface area contributed by atoms with Crippen molar-refractivity contribution < 1.29 is 24.5 Å². The number of carboxylic acid groups (broad SMARTS) is 1. The summed E-state index contributed by atoms with van der Waals surface area (Å²) in [4.78, 5) is 24.9. The van der Waals surface area contributed by atoms with Crippen molar-refractivity contribution in [1.82, 2.24) is 0 Å². The van der Waals surface area contributed by atoms with Crippen LogP contribution in [-0.4, -0.2) is 34.7 Å². The van der Waals surface area contributed by atoms with Gasteiger partial charge in [0.25, 0.3) is 5.91 Å². The SMILES string of the molecule is Cc1cccc(CC2Oc3ccc(O)cc3N(CC(=O)O)C2=O)c1. The number of carboxylic acids is 1. The summed E-state index contributed by atoms with van der Waals surface area (Å²) in [5.41, 5.74) is 2.28. The van der Waals surface area contributed by atoms with Crippen LogP contribution in [0.4, 0.5) is 5.69 Å². The topological polar surface area (TPSA) is 87.1 Å². The van der Waals surface area contributed by atoms with Crippen LogP contribution in [0, 0.1) is 6.92 Å². The summed E-state index contributed by atoms with van der Waals surface area (Å²) in [6.45, 7) is 1.48. The molecule has 1 heterocycles. The zero-order chi connectivity index (χ0) is 17.3. The molecule has 3 rings (SSSR count). The summed E-state index contributed by atoms with van der Waals surface area (Å²) in [7, 11) is 0. The molecule has 2 aromatic rings. The van der Waals surface area contributed by atoms with E-state index >= 15 is 0 Å². The van der Waals surface area contributed by atoms with Crippen LogP contribution in [0.15, 0.2) is 42.5 Å². The Labute approximate surface area is 138 Å². The Morgan fingerprint density at radius 3 is 2.75 bits per heavy atom. The molecule has 24 heavy (non-hydrogen) atoms. The maximum atomic E-state index is 12.7. The largest absolute Gasteiger partial charge is 0.508 e. The van der Waals surface area contributed by atoms with Gasteiger partial charge < -0.3 is 14.9 Å². The van der Waals surface area contributed by atoms with E-state index in [2.05, 4.69) is 0 Å². The fourth-order valence-corrected chi connectivity index (χ4v) is 2.79. The molecule has 0 saturated heterocycles. The summed E-state index contributed by atoms with van der Waals surface area (Å²) in [5, 5.41) is 18.7. The number of phenols is 1. The molecule has 0 spiro atoms. The molecule has 1 aliphatic rings. The minimum absolute atomic E-state index is 0.0577. The lowest BCUT2D eigenvalue weighted by Crippen LogP contribution is -2.48. The summed E-state index contributed by atoms with van der Waals surface area (Å²) < 4.78 is 5.76. The second-order valence-corrected chi connectivity index (χ2v) is 5.77. The van der Waals surface area contributed by atoms with Crippen LogP contribution in [0.2, 0.25) is 0 Å². The molecule has 0 bridgehead atoms. The average molecular weight is 327 g/mol. The molecule has 1 unspecified atom stereocenters. The van der Waals surface area contributed by atoms with Crippen LogP contribution >= 0.6 is 0 Å². The zero-order valence-corrected chi connectivity index (χ0v) is 13.1. The second kappa shape index (κ2) is 6.23. The van der Waals surface area contributed by atoms with Gasteiger partial charge in [-0.3, -0.25) is 14.5 Å². The number of fused-ring (bicyclic) bond motifs is 1. The Morgan fingerprint density at radius 2 is 2.04 bits per heavy atom. The van der Waals surface area contributed by atoms with Crippen LogP contribution in [0.3, 0.4) is 0 Å². The van der Waals surface area contributed by atoms with Gasteiger partial charge in [-0.1, -0.05) is 29.8 Å². The predicted molar refractivity (Wildman–Crippen MR) is 87.4 cm³/mol. The number of amides is 1. The van der Waals surface area contributed by atoms with Gasteiger partial charge >= 0.3 is 5.97 Å². The highest BCUT2D eigenvalue weighted by molar-refractivity contribution is 6.03. The van der Waals surface area contributed by atoms with Crippen LogP contribution in [0.25, 0.3) is 0 Å². The number of nitrogens with zero attached hydrogens (tertiary/aromatic N) is 1. The van der Waals surface area contributed by atoms with E-state index in [1.807, 2.05) is 31.2 Å². The van der Waals surface area contributed by atoms with Crippen molar-refractivity contribution in [1.29, 1.82) is 0 Å². The molecule has 0 aromatic heterocycles. The lowest BCUT2D eigenvalue weighted by Gasteiger charge is -2.33. The number of aliphatic carboxylic acids is 1. The second-order valence-electron chi connectivity index (χ2n) is 5.77. The molecule has 1 atom stereocenters. The van der Waals surface area contributed by atoms with Crippen LogP contribution < -0.4 is 9.64 Å². The molecule has 2 N–H and O–H groups in total. The molecule has 6 heteroatoms. The minimum atomic E-state index is -1.13. The number of carbonyl (C=O) groups excluding carboxylic acids is 1. The van der Waals surface area contributed by atoms with Crippen molar-refractivity contribution in [2.45, 2.75) is 19.4 Å². The number of aryl methyl sites for hydroxylation is 1. The first-order valence-corrected chi connectivity index (χ1v) is 7.52. The molecular weight excluding hydrogens is 310 g/mol. The molecule has 124 valence electrons. The van der Waals surface area contributed by atoms with Crippen molar-refractivity contribution in [2.75, 3.05) is 11.4 Å². The van der Waals surface area contributed by atoms with E-state index in [0.717, 1.165) is 16.0 Å². The Hall–Kier alpha value is -3.02. The lowest BCUT2D eigenvalue weighted by atomic mass is 10.0. The number of hydrogen-bond acceptors (Lipinski definition) is 4. The van der Waals surface area contributed by atoms with E-state index < -0.39 is 24.5 Å². The highest BCUT2D eigenvalue weighted by atomic mass is 16.5. The predicted octanol–water partition coefficient (Wildman–Crippen LogP) is 2.12. The lowest BCUT2D eigenvalue weighted by molar-refractivity contribution is -0.137. The quantitative estimate of drug-likeness (QED) is 0.898. The van der Waals surface area contributed by atoms with Gasteiger partial charge in [-0.2, -0.15) is 0 Å². The van der Waals surface area contributed by atoms with Gasteiger partial charge in [0, 0.05) is 12.5 Å². The van der Waals surface area contributed by atoms with Gasteiger partial charge in [-0.05, 0) is 24.6 Å². The van der Waals surface area contributed by atoms with Crippen molar-refractivity contribution in [3.63, 3.8) is 0 Å². The number of benzene rings is 2. The maximum absolute atomic E-state index is 12.7. The van der Waals surface area contributed by atoms with E-state index in [0.29, 0.717) is 12.2 Å². The molecule has 0 saturated carbocycles. The van der Waals surface area contributed by atoms with Crippen LogP contribution in [0.5, 0.6) is 11.5 Å². The first-order chi connectivity index (χ1) is 11.4. The third-order valence-corrected chi connectivity index (χ3v) is 3.84. The highest BCUT2D eigenvalue weighted by Gasteiger charge is 2.35. The number of rotatable bonds is 4. The van der Waals surface area contributed by atoms with Gasteiger partial charge in [0.1, 0.15) is 18.0 Å². The molecule has 1 aliphatic heterocycles. The molecule has 0 aliphatic carbocycles. The smallest absolute Gasteiger partial charge is 0.323 e. The van der Waals surface area contributed by atoms with E-state index in [9.17, 15) is 14.7 Å². The summed E-state index contributed by atoms with van der Waals surface area (Å²) >= 11 is 0. The fraction of sp³-hybridized carbons (Fsp3) is 0.222. The molecular formula is C18H17NO5. The molecule has 6 nitrogen and oxygen atoms in total. The highest BCUT2D eigenvalue weighted by Crippen LogP contribution is 2.37.